The minimum Gasteiger partial charge on any atom is -0.331 e. The van der Waals surface area contributed by atoms with Crippen molar-refractivity contribution in [3.8, 4) is 0 Å². The van der Waals surface area contributed by atoms with Gasteiger partial charge in [-0.05, 0) is 25.3 Å². The fourth-order valence-corrected chi connectivity index (χ4v) is 3.50. The van der Waals surface area contributed by atoms with Crippen molar-refractivity contribution >= 4 is 16.8 Å². The third kappa shape index (κ3) is 2.50. The van der Waals surface area contributed by atoms with Crippen molar-refractivity contribution in [3.63, 3.8) is 0 Å². The van der Waals surface area contributed by atoms with Gasteiger partial charge in [-0.1, -0.05) is 18.2 Å². The number of hydrogen-bond donors (Lipinski definition) is 2. The van der Waals surface area contributed by atoms with Crippen LogP contribution in [0.4, 0.5) is 0 Å². The molecule has 4 rings (SSSR count). The lowest BCUT2D eigenvalue weighted by Gasteiger charge is -2.35. The lowest BCUT2D eigenvalue weighted by atomic mass is 9.96. The topological polar surface area (TPSA) is 81.8 Å². The van der Waals surface area contributed by atoms with Crippen LogP contribution in [0.1, 0.15) is 41.2 Å². The van der Waals surface area contributed by atoms with Crippen LogP contribution < -0.4 is 5.56 Å². The van der Waals surface area contributed by atoms with Crippen LogP contribution in [0.15, 0.2) is 47.5 Å². The third-order valence-electron chi connectivity index (χ3n) is 4.65. The van der Waals surface area contributed by atoms with Crippen LogP contribution in [-0.2, 0) is 0 Å². The van der Waals surface area contributed by atoms with Crippen LogP contribution in [0.2, 0.25) is 0 Å². The Morgan fingerprint density at radius 1 is 1.25 bits per heavy atom. The van der Waals surface area contributed by atoms with E-state index in [1.165, 1.54) is 6.07 Å². The second-order valence-corrected chi connectivity index (χ2v) is 6.13. The number of fused-ring (bicyclic) bond motifs is 1. The van der Waals surface area contributed by atoms with E-state index in [1.807, 2.05) is 35.4 Å². The van der Waals surface area contributed by atoms with Crippen LogP contribution >= 0.6 is 0 Å². The number of rotatable bonds is 2. The standard InChI is InChI=1S/C18H18N4O2/c23-17-9-14(13-5-1-2-6-15(13)21-17)18(24)22-8-4-3-7-16(22)12-10-19-20-11-12/h1-2,5-6,9-11,16H,3-4,7-8H2,(H,19,20)(H,21,23)/t16-/m0/s1. The van der Waals surface area contributed by atoms with Gasteiger partial charge in [-0.15, -0.1) is 0 Å². The molecule has 0 bridgehead atoms. The molecule has 1 aliphatic rings. The monoisotopic (exact) mass is 322 g/mol. The highest BCUT2D eigenvalue weighted by Crippen LogP contribution is 2.32. The molecule has 6 heteroatoms. The van der Waals surface area contributed by atoms with Gasteiger partial charge in [-0.2, -0.15) is 5.10 Å². The second kappa shape index (κ2) is 5.96. The van der Waals surface area contributed by atoms with Crippen molar-refractivity contribution in [2.24, 2.45) is 0 Å². The first-order valence-electron chi connectivity index (χ1n) is 8.16. The first-order chi connectivity index (χ1) is 11.7. The summed E-state index contributed by atoms with van der Waals surface area (Å²) in [6, 6.07) is 8.82. The van der Waals surface area contributed by atoms with E-state index in [-0.39, 0.29) is 17.5 Å². The Morgan fingerprint density at radius 2 is 2.12 bits per heavy atom. The lowest BCUT2D eigenvalue weighted by molar-refractivity contribution is 0.0613. The number of nitrogens with zero attached hydrogens (tertiary/aromatic N) is 2. The van der Waals surface area contributed by atoms with Crippen LogP contribution in [0.25, 0.3) is 10.9 Å². The molecule has 1 atom stereocenters. The van der Waals surface area contributed by atoms with Gasteiger partial charge in [-0.25, -0.2) is 0 Å². The molecule has 3 heterocycles. The molecule has 3 aromatic rings. The van der Waals surface area contributed by atoms with Gasteiger partial charge in [0.05, 0.1) is 17.8 Å². The summed E-state index contributed by atoms with van der Waals surface area (Å²) in [6.45, 7) is 0.690. The van der Waals surface area contributed by atoms with Gasteiger partial charge in [0.25, 0.3) is 5.91 Å². The number of amides is 1. The Bertz CT molecular complexity index is 930. The molecule has 122 valence electrons. The summed E-state index contributed by atoms with van der Waals surface area (Å²) in [4.78, 5) is 29.8. The minimum absolute atomic E-state index is 0.00282. The summed E-state index contributed by atoms with van der Waals surface area (Å²) >= 11 is 0. The fraction of sp³-hybridized carbons (Fsp3) is 0.278. The highest BCUT2D eigenvalue weighted by molar-refractivity contribution is 6.06. The molecular weight excluding hydrogens is 304 g/mol. The maximum absolute atomic E-state index is 13.2. The molecule has 2 aromatic heterocycles. The molecule has 0 unspecified atom stereocenters. The van der Waals surface area contributed by atoms with E-state index in [4.69, 9.17) is 0 Å². The van der Waals surface area contributed by atoms with Crippen LogP contribution in [0.3, 0.4) is 0 Å². The number of aromatic nitrogens is 3. The van der Waals surface area contributed by atoms with E-state index in [0.717, 1.165) is 30.2 Å². The van der Waals surface area contributed by atoms with Crippen LogP contribution in [0, 0.1) is 0 Å². The van der Waals surface area contributed by atoms with Crippen molar-refractivity contribution in [1.82, 2.24) is 20.1 Å². The van der Waals surface area contributed by atoms with Gasteiger partial charge in [0.15, 0.2) is 0 Å². The number of piperidine rings is 1. The van der Waals surface area contributed by atoms with E-state index < -0.39 is 0 Å². The molecule has 0 radical (unpaired) electrons. The van der Waals surface area contributed by atoms with Crippen molar-refractivity contribution in [3.05, 3.63) is 64.2 Å². The normalized spacial score (nSPS) is 18.0. The van der Waals surface area contributed by atoms with E-state index in [1.54, 1.807) is 6.20 Å². The molecule has 0 spiro atoms. The lowest BCUT2D eigenvalue weighted by Crippen LogP contribution is -2.38. The molecule has 1 aliphatic heterocycles. The largest absolute Gasteiger partial charge is 0.331 e. The van der Waals surface area contributed by atoms with Gasteiger partial charge in [-0.3, -0.25) is 14.7 Å². The molecule has 24 heavy (non-hydrogen) atoms. The molecule has 6 nitrogen and oxygen atoms in total. The van der Waals surface area contributed by atoms with Gasteiger partial charge in [0.1, 0.15) is 0 Å². The maximum Gasteiger partial charge on any atom is 0.255 e. The molecule has 1 fully saturated rings. The van der Waals surface area contributed by atoms with Crippen LogP contribution in [-0.4, -0.2) is 32.5 Å². The van der Waals surface area contributed by atoms with E-state index in [9.17, 15) is 9.59 Å². The predicted molar refractivity (Wildman–Crippen MR) is 90.8 cm³/mol. The first-order valence-corrected chi connectivity index (χ1v) is 8.16. The summed E-state index contributed by atoms with van der Waals surface area (Å²) in [5.74, 6) is -0.0943. The summed E-state index contributed by atoms with van der Waals surface area (Å²) in [5.41, 5.74) is 1.90. The Kier molecular flexibility index (Phi) is 3.65. The molecular formula is C18H18N4O2. The number of likely N-dealkylation sites (tertiary alicyclic amines) is 1. The Balaban J connectivity index is 1.79. The van der Waals surface area contributed by atoms with Gasteiger partial charge < -0.3 is 9.88 Å². The van der Waals surface area contributed by atoms with Crippen molar-refractivity contribution in [1.29, 1.82) is 0 Å². The highest BCUT2D eigenvalue weighted by Gasteiger charge is 2.30. The van der Waals surface area contributed by atoms with Crippen molar-refractivity contribution in [2.75, 3.05) is 6.54 Å². The van der Waals surface area contributed by atoms with Gasteiger partial charge >= 0.3 is 0 Å². The Labute approximate surface area is 138 Å². The highest BCUT2D eigenvalue weighted by atomic mass is 16.2. The number of hydrogen-bond acceptors (Lipinski definition) is 3. The molecule has 2 N–H and O–H groups in total. The molecule has 0 aliphatic carbocycles. The smallest absolute Gasteiger partial charge is 0.255 e. The molecule has 0 saturated carbocycles. The first kappa shape index (κ1) is 14.7. The number of nitrogens with one attached hydrogen (secondary N) is 2. The zero-order valence-corrected chi connectivity index (χ0v) is 13.2. The number of carbonyl (C=O) groups is 1. The second-order valence-electron chi connectivity index (χ2n) is 6.13. The Morgan fingerprint density at radius 3 is 2.96 bits per heavy atom. The molecule has 1 saturated heterocycles. The minimum atomic E-state index is -0.256. The SMILES string of the molecule is O=C(c1cc(=O)[nH]c2ccccc12)N1CCCC[C@H]1c1cn[nH]c1. The summed E-state index contributed by atoms with van der Waals surface area (Å²) < 4.78 is 0. The summed E-state index contributed by atoms with van der Waals surface area (Å²) in [5, 5.41) is 7.61. The third-order valence-corrected chi connectivity index (χ3v) is 4.65. The van der Waals surface area contributed by atoms with Crippen molar-refractivity contribution in [2.45, 2.75) is 25.3 Å². The van der Waals surface area contributed by atoms with E-state index >= 15 is 0 Å². The number of carbonyl (C=O) groups excluding carboxylic acids is 1. The van der Waals surface area contributed by atoms with Crippen LogP contribution in [0.5, 0.6) is 0 Å². The number of H-pyrrole nitrogens is 2. The van der Waals surface area contributed by atoms with Gasteiger partial charge in [0.2, 0.25) is 5.56 Å². The number of benzene rings is 1. The summed E-state index contributed by atoms with van der Waals surface area (Å²) in [7, 11) is 0. The van der Waals surface area contributed by atoms with Gasteiger partial charge in [0, 0.05) is 35.3 Å². The van der Waals surface area contributed by atoms with E-state index in [0.29, 0.717) is 17.6 Å². The van der Waals surface area contributed by atoms with Crippen molar-refractivity contribution < 1.29 is 4.79 Å². The predicted octanol–water partition coefficient (Wildman–Crippen LogP) is 2.62. The Hall–Kier alpha value is -2.89. The molecule has 1 aromatic carbocycles. The number of aromatic amines is 2. The average Bonchev–Trinajstić information content (AvgIpc) is 3.15. The molecule has 1 amide bonds. The van der Waals surface area contributed by atoms with E-state index in [2.05, 4.69) is 15.2 Å². The number of pyridine rings is 1. The quantitative estimate of drug-likeness (QED) is 0.761. The zero-order chi connectivity index (χ0) is 16.5. The maximum atomic E-state index is 13.2. The summed E-state index contributed by atoms with van der Waals surface area (Å²) in [6.07, 6.45) is 6.57. The average molecular weight is 322 g/mol. The number of para-hydroxylation sites is 1. The zero-order valence-electron chi connectivity index (χ0n) is 13.2. The fourth-order valence-electron chi connectivity index (χ4n) is 3.50.